The van der Waals surface area contributed by atoms with Crippen molar-refractivity contribution in [1.29, 1.82) is 0 Å². The monoisotopic (exact) mass is 410 g/mol. The Bertz CT molecular complexity index is 910. The summed E-state index contributed by atoms with van der Waals surface area (Å²) >= 11 is 0. The maximum atomic E-state index is 14.3. The number of hydrogen-bond donors (Lipinski definition) is 2. The number of halogens is 6. The molecule has 2 amide bonds. The third kappa shape index (κ3) is 4.37. The van der Waals surface area contributed by atoms with Crippen LogP contribution in [0.2, 0.25) is 0 Å². The average Bonchev–Trinajstić information content (AvgIpc) is 2.96. The summed E-state index contributed by atoms with van der Waals surface area (Å²) in [5.74, 6) is -4.57. The van der Waals surface area contributed by atoms with Crippen molar-refractivity contribution in [2.24, 2.45) is 7.05 Å². The topological polar surface area (TPSA) is 102 Å². The molecule has 0 aliphatic rings. The summed E-state index contributed by atoms with van der Waals surface area (Å²) in [6.07, 6.45) is -8.20. The standard InChI is InChI=1S/C14H12F6N6O2/c1-5-9(11(27)21-4-8(16)17)6(14(18,19)20)3-7(15)10(5)12(28)22-13-23-24-25-26(13)2/h3,8H,4H2,1-2H3,(H,21,27)(H,22,23,25,28). The Balaban J connectivity index is 2.55. The fraction of sp³-hybridized carbons (Fsp3) is 0.357. The van der Waals surface area contributed by atoms with E-state index in [1.807, 2.05) is 0 Å². The summed E-state index contributed by atoms with van der Waals surface area (Å²) in [6.45, 7) is -0.335. The highest BCUT2D eigenvalue weighted by atomic mass is 19.4. The zero-order chi connectivity index (χ0) is 21.2. The molecule has 2 aromatic rings. The van der Waals surface area contributed by atoms with E-state index in [1.165, 1.54) is 7.05 Å². The van der Waals surface area contributed by atoms with Crippen LogP contribution in [0.1, 0.15) is 31.8 Å². The van der Waals surface area contributed by atoms with Gasteiger partial charge in [0.05, 0.1) is 23.2 Å². The molecule has 2 rings (SSSR count). The number of nitrogens with one attached hydrogen (secondary N) is 2. The summed E-state index contributed by atoms with van der Waals surface area (Å²) in [4.78, 5) is 24.4. The second-order valence-corrected chi connectivity index (χ2v) is 5.46. The van der Waals surface area contributed by atoms with E-state index in [0.717, 1.165) is 11.6 Å². The van der Waals surface area contributed by atoms with Crippen molar-refractivity contribution in [1.82, 2.24) is 25.5 Å². The van der Waals surface area contributed by atoms with Gasteiger partial charge in [0.1, 0.15) is 5.82 Å². The normalized spacial score (nSPS) is 11.6. The van der Waals surface area contributed by atoms with E-state index < -0.39 is 59.0 Å². The summed E-state index contributed by atoms with van der Waals surface area (Å²) in [7, 11) is 1.33. The molecule has 1 aromatic heterocycles. The van der Waals surface area contributed by atoms with Crippen molar-refractivity contribution in [3.8, 4) is 0 Å². The summed E-state index contributed by atoms with van der Waals surface area (Å²) in [6, 6.07) is -0.0475. The Morgan fingerprint density at radius 2 is 1.86 bits per heavy atom. The summed E-state index contributed by atoms with van der Waals surface area (Å²) in [5.41, 5.74) is -4.42. The van der Waals surface area contributed by atoms with E-state index in [4.69, 9.17) is 0 Å². The number of tetrazole rings is 1. The second kappa shape index (κ2) is 7.82. The van der Waals surface area contributed by atoms with Crippen LogP contribution in [0, 0.1) is 12.7 Å². The maximum Gasteiger partial charge on any atom is 0.417 e. The van der Waals surface area contributed by atoms with Crippen LogP contribution in [0.4, 0.5) is 32.3 Å². The molecule has 28 heavy (non-hydrogen) atoms. The molecule has 0 bridgehead atoms. The van der Waals surface area contributed by atoms with Gasteiger partial charge in [-0.05, 0) is 29.0 Å². The van der Waals surface area contributed by atoms with Crippen molar-refractivity contribution in [2.45, 2.75) is 19.5 Å². The van der Waals surface area contributed by atoms with E-state index in [1.54, 1.807) is 5.32 Å². The number of benzene rings is 1. The lowest BCUT2D eigenvalue weighted by atomic mass is 9.94. The molecule has 14 heteroatoms. The van der Waals surface area contributed by atoms with Gasteiger partial charge in [-0.25, -0.2) is 17.9 Å². The van der Waals surface area contributed by atoms with Crippen LogP contribution in [0.15, 0.2) is 6.07 Å². The minimum absolute atomic E-state index is 0.0475. The van der Waals surface area contributed by atoms with Gasteiger partial charge in [0.2, 0.25) is 5.95 Å². The van der Waals surface area contributed by atoms with Crippen molar-refractivity contribution in [3.63, 3.8) is 0 Å². The second-order valence-electron chi connectivity index (χ2n) is 5.46. The number of nitrogens with zero attached hydrogens (tertiary/aromatic N) is 4. The van der Waals surface area contributed by atoms with Crippen LogP contribution in [-0.2, 0) is 13.2 Å². The Morgan fingerprint density at radius 1 is 1.21 bits per heavy atom. The number of carbonyl (C=O) groups excluding carboxylic acids is 2. The first kappa shape index (κ1) is 21.1. The first-order valence-electron chi connectivity index (χ1n) is 7.43. The highest BCUT2D eigenvalue weighted by molar-refractivity contribution is 6.08. The predicted octanol–water partition coefficient (Wildman–Crippen LogP) is 1.92. The van der Waals surface area contributed by atoms with E-state index in [2.05, 4.69) is 20.8 Å². The number of anilines is 1. The van der Waals surface area contributed by atoms with E-state index >= 15 is 0 Å². The molecule has 8 nitrogen and oxygen atoms in total. The number of rotatable bonds is 5. The van der Waals surface area contributed by atoms with E-state index in [0.29, 0.717) is 0 Å². The highest BCUT2D eigenvalue weighted by Gasteiger charge is 2.39. The predicted molar refractivity (Wildman–Crippen MR) is 81.2 cm³/mol. The number of hydrogen-bond acceptors (Lipinski definition) is 5. The molecule has 0 aliphatic carbocycles. The van der Waals surface area contributed by atoms with Gasteiger partial charge in [0.15, 0.2) is 0 Å². The van der Waals surface area contributed by atoms with Crippen molar-refractivity contribution in [3.05, 3.63) is 34.1 Å². The first-order chi connectivity index (χ1) is 12.9. The molecule has 0 saturated carbocycles. The fourth-order valence-corrected chi connectivity index (χ4v) is 2.33. The van der Waals surface area contributed by atoms with Gasteiger partial charge in [-0.3, -0.25) is 14.9 Å². The number of aromatic nitrogens is 4. The smallest absolute Gasteiger partial charge is 0.346 e. The van der Waals surface area contributed by atoms with Crippen LogP contribution in [0.3, 0.4) is 0 Å². The van der Waals surface area contributed by atoms with Gasteiger partial charge < -0.3 is 5.32 Å². The van der Waals surface area contributed by atoms with Crippen LogP contribution in [0.25, 0.3) is 0 Å². The van der Waals surface area contributed by atoms with E-state index in [9.17, 15) is 35.9 Å². The minimum Gasteiger partial charge on any atom is -0.346 e. The Morgan fingerprint density at radius 3 is 2.36 bits per heavy atom. The number of amides is 2. The molecule has 152 valence electrons. The lowest BCUT2D eigenvalue weighted by Crippen LogP contribution is -2.32. The summed E-state index contributed by atoms with van der Waals surface area (Å²) in [5, 5.41) is 13.7. The van der Waals surface area contributed by atoms with Crippen LogP contribution in [-0.4, -0.2) is 45.0 Å². The Kier molecular flexibility index (Phi) is 5.89. The lowest BCUT2D eigenvalue weighted by molar-refractivity contribution is -0.138. The molecule has 0 unspecified atom stereocenters. The molecule has 1 aromatic carbocycles. The molecule has 0 saturated heterocycles. The average molecular weight is 410 g/mol. The van der Waals surface area contributed by atoms with Gasteiger partial charge >= 0.3 is 6.18 Å². The fourth-order valence-electron chi connectivity index (χ4n) is 2.33. The number of alkyl halides is 5. The molecule has 1 heterocycles. The van der Waals surface area contributed by atoms with Gasteiger partial charge in [-0.15, -0.1) is 0 Å². The molecular weight excluding hydrogens is 398 g/mol. The highest BCUT2D eigenvalue weighted by Crippen LogP contribution is 2.36. The molecule has 0 radical (unpaired) electrons. The van der Waals surface area contributed by atoms with Crippen LogP contribution < -0.4 is 10.6 Å². The molecular formula is C14H12F6N6O2. The first-order valence-corrected chi connectivity index (χ1v) is 7.43. The number of aryl methyl sites for hydroxylation is 1. The summed E-state index contributed by atoms with van der Waals surface area (Å²) < 4.78 is 79.6. The molecule has 0 aliphatic heterocycles. The van der Waals surface area contributed by atoms with Crippen molar-refractivity contribution >= 4 is 17.8 Å². The van der Waals surface area contributed by atoms with Crippen LogP contribution in [0.5, 0.6) is 0 Å². The zero-order valence-corrected chi connectivity index (χ0v) is 14.2. The Labute approximate surface area is 152 Å². The van der Waals surface area contributed by atoms with Crippen molar-refractivity contribution in [2.75, 3.05) is 11.9 Å². The maximum absolute atomic E-state index is 14.3. The molecule has 0 fully saturated rings. The third-order valence-corrected chi connectivity index (χ3v) is 3.55. The third-order valence-electron chi connectivity index (χ3n) is 3.55. The zero-order valence-electron chi connectivity index (χ0n) is 14.2. The minimum atomic E-state index is -5.17. The molecule has 0 atom stereocenters. The number of carbonyl (C=O) groups is 2. The largest absolute Gasteiger partial charge is 0.417 e. The van der Waals surface area contributed by atoms with E-state index in [-0.39, 0.29) is 12.0 Å². The Hall–Kier alpha value is -3.19. The lowest BCUT2D eigenvalue weighted by Gasteiger charge is -2.18. The molecule has 2 N–H and O–H groups in total. The van der Waals surface area contributed by atoms with Gasteiger partial charge in [0.25, 0.3) is 18.2 Å². The van der Waals surface area contributed by atoms with Crippen molar-refractivity contribution < 1.29 is 35.9 Å². The van der Waals surface area contributed by atoms with Gasteiger partial charge in [0, 0.05) is 7.05 Å². The quantitative estimate of drug-likeness (QED) is 0.734. The van der Waals surface area contributed by atoms with Crippen LogP contribution >= 0.6 is 0 Å². The van der Waals surface area contributed by atoms with Gasteiger partial charge in [-0.2, -0.15) is 13.2 Å². The SMILES string of the molecule is Cc1c(C(=O)Nc2nnnn2C)c(F)cc(C(F)(F)F)c1C(=O)NCC(F)F. The van der Waals surface area contributed by atoms with Gasteiger partial charge in [-0.1, -0.05) is 5.10 Å². The molecule has 0 spiro atoms.